The molecule has 0 saturated heterocycles. The highest BCUT2D eigenvalue weighted by Gasteiger charge is 2.30. The summed E-state index contributed by atoms with van der Waals surface area (Å²) in [5.41, 5.74) is 4.45. The number of benzene rings is 3. The third-order valence-corrected chi connectivity index (χ3v) is 6.45. The molecule has 3 aromatic carbocycles. The molecule has 0 spiro atoms. The van der Waals surface area contributed by atoms with Crippen molar-refractivity contribution in [1.29, 1.82) is 0 Å². The fourth-order valence-electron chi connectivity index (χ4n) is 3.53. The molecule has 1 amide bonds. The molecule has 3 rings (SSSR count). The molecule has 0 unspecified atom stereocenters. The third-order valence-electron chi connectivity index (χ3n) is 5.21. The van der Waals surface area contributed by atoms with Gasteiger partial charge in [-0.15, -0.1) is 0 Å². The zero-order chi connectivity index (χ0) is 22.6. The van der Waals surface area contributed by atoms with E-state index in [4.69, 9.17) is 0 Å². The molecule has 1 N–H and O–H groups in total. The van der Waals surface area contributed by atoms with Crippen LogP contribution < -0.4 is 9.62 Å². The summed E-state index contributed by atoms with van der Waals surface area (Å²) >= 11 is 0. The molecule has 0 heterocycles. The Balaban J connectivity index is 1.94. The monoisotopic (exact) mass is 436 g/mol. The van der Waals surface area contributed by atoms with Gasteiger partial charge in [0, 0.05) is 0 Å². The summed E-state index contributed by atoms with van der Waals surface area (Å²) in [6.45, 7) is 5.54. The number of hydrogen-bond donors (Lipinski definition) is 1. The molecular formula is C25H28N2O3S. The van der Waals surface area contributed by atoms with Gasteiger partial charge in [0.25, 0.3) is 0 Å². The van der Waals surface area contributed by atoms with Crippen LogP contribution in [0.5, 0.6) is 0 Å². The van der Waals surface area contributed by atoms with Crippen molar-refractivity contribution >= 4 is 21.6 Å². The van der Waals surface area contributed by atoms with Crippen LogP contribution in [0.1, 0.15) is 35.2 Å². The lowest BCUT2D eigenvalue weighted by molar-refractivity contribution is -0.122. The molecule has 0 aliphatic heterocycles. The minimum atomic E-state index is -3.67. The van der Waals surface area contributed by atoms with Gasteiger partial charge >= 0.3 is 0 Å². The fourth-order valence-corrected chi connectivity index (χ4v) is 4.70. The first-order chi connectivity index (χ1) is 14.7. The number of nitrogens with zero attached hydrogens (tertiary/aromatic N) is 1. The minimum Gasteiger partial charge on any atom is -0.343 e. The van der Waals surface area contributed by atoms with Gasteiger partial charge in [0.15, 0.2) is 0 Å². The van der Waals surface area contributed by atoms with Crippen LogP contribution in [0, 0.1) is 13.8 Å². The van der Waals surface area contributed by atoms with Crippen LogP contribution in [0.2, 0.25) is 0 Å². The van der Waals surface area contributed by atoms with Crippen LogP contribution >= 0.6 is 0 Å². The number of anilines is 1. The van der Waals surface area contributed by atoms with Crippen molar-refractivity contribution in [3.63, 3.8) is 0 Å². The molecule has 0 fully saturated rings. The van der Waals surface area contributed by atoms with Gasteiger partial charge in [-0.25, -0.2) is 8.42 Å². The van der Waals surface area contributed by atoms with Gasteiger partial charge < -0.3 is 5.32 Å². The Morgan fingerprint density at radius 1 is 0.806 bits per heavy atom. The van der Waals surface area contributed by atoms with E-state index in [1.54, 1.807) is 19.1 Å². The lowest BCUT2D eigenvalue weighted by atomic mass is 9.97. The van der Waals surface area contributed by atoms with Gasteiger partial charge in [-0.1, -0.05) is 77.9 Å². The summed E-state index contributed by atoms with van der Waals surface area (Å²) in [6.07, 6.45) is 1.12. The summed E-state index contributed by atoms with van der Waals surface area (Å²) in [7, 11) is -3.67. The second kappa shape index (κ2) is 9.35. The molecular weight excluding hydrogens is 408 g/mol. The lowest BCUT2D eigenvalue weighted by Crippen LogP contribution is -2.48. The van der Waals surface area contributed by atoms with Crippen molar-refractivity contribution in [2.45, 2.75) is 32.9 Å². The summed E-state index contributed by atoms with van der Waals surface area (Å²) in [5, 5.41) is 3.06. The molecule has 0 aliphatic carbocycles. The van der Waals surface area contributed by atoms with Crippen molar-refractivity contribution < 1.29 is 13.2 Å². The van der Waals surface area contributed by atoms with Crippen LogP contribution in [-0.2, 0) is 14.8 Å². The molecule has 0 aromatic heterocycles. The topological polar surface area (TPSA) is 66.5 Å². The van der Waals surface area contributed by atoms with Crippen molar-refractivity contribution in [3.05, 3.63) is 101 Å². The Morgan fingerprint density at radius 3 is 1.81 bits per heavy atom. The van der Waals surface area contributed by atoms with Crippen LogP contribution in [0.15, 0.2) is 78.9 Å². The van der Waals surface area contributed by atoms with Gasteiger partial charge in [0.2, 0.25) is 15.9 Å². The minimum absolute atomic E-state index is 0.375. The molecule has 2 atom stereocenters. The standard InChI is InChI=1S/C25H28N2O3S/c1-18-10-14-22(15-11-18)24(21-8-6-5-7-9-21)26-25(28)20(3)27(31(4,29)30)23-16-12-19(2)13-17-23/h5-17,20,24H,1-4H3,(H,26,28)/t20-,24+/m1/s1. The highest BCUT2D eigenvalue weighted by atomic mass is 32.2. The zero-order valence-corrected chi connectivity index (χ0v) is 19.1. The molecule has 0 aliphatic rings. The molecule has 0 saturated carbocycles. The third kappa shape index (κ3) is 5.52. The SMILES string of the molecule is Cc1ccc([C@@H](NC(=O)[C@@H](C)N(c2ccc(C)cc2)S(C)(=O)=O)c2ccccc2)cc1. The lowest BCUT2D eigenvalue weighted by Gasteiger charge is -2.30. The largest absolute Gasteiger partial charge is 0.343 e. The Kier molecular flexibility index (Phi) is 6.81. The van der Waals surface area contributed by atoms with Crippen LogP contribution in [0.4, 0.5) is 5.69 Å². The molecule has 0 bridgehead atoms. The zero-order valence-electron chi connectivity index (χ0n) is 18.2. The van der Waals surface area contributed by atoms with Gasteiger partial charge in [0.05, 0.1) is 18.0 Å². The highest BCUT2D eigenvalue weighted by Crippen LogP contribution is 2.25. The highest BCUT2D eigenvalue weighted by molar-refractivity contribution is 7.92. The molecule has 6 heteroatoms. The summed E-state index contributed by atoms with van der Waals surface area (Å²) in [6, 6.07) is 23.4. The fraction of sp³-hybridized carbons (Fsp3) is 0.240. The second-order valence-electron chi connectivity index (χ2n) is 7.83. The van der Waals surface area contributed by atoms with E-state index in [-0.39, 0.29) is 5.91 Å². The molecule has 3 aromatic rings. The molecule has 5 nitrogen and oxygen atoms in total. The number of nitrogens with one attached hydrogen (secondary N) is 1. The predicted molar refractivity (Wildman–Crippen MR) is 126 cm³/mol. The molecule has 31 heavy (non-hydrogen) atoms. The maximum absolute atomic E-state index is 13.3. The predicted octanol–water partition coefficient (Wildman–Crippen LogP) is 4.36. The maximum atomic E-state index is 13.3. The Labute approximate surface area is 184 Å². The number of rotatable bonds is 7. The van der Waals surface area contributed by atoms with Crippen molar-refractivity contribution in [1.82, 2.24) is 5.32 Å². The van der Waals surface area contributed by atoms with Gasteiger partial charge in [-0.2, -0.15) is 0 Å². The summed E-state index contributed by atoms with van der Waals surface area (Å²) in [4.78, 5) is 13.3. The van der Waals surface area contributed by atoms with E-state index >= 15 is 0 Å². The van der Waals surface area contributed by atoms with Crippen LogP contribution in [0.3, 0.4) is 0 Å². The Morgan fingerprint density at radius 2 is 1.29 bits per heavy atom. The van der Waals surface area contributed by atoms with Gasteiger partial charge in [-0.05, 0) is 44.0 Å². The Hall–Kier alpha value is -3.12. The number of aryl methyl sites for hydroxylation is 2. The number of carbonyl (C=O) groups excluding carboxylic acids is 1. The number of amides is 1. The van der Waals surface area contributed by atoms with Crippen LogP contribution in [-0.4, -0.2) is 26.6 Å². The second-order valence-corrected chi connectivity index (χ2v) is 9.69. The maximum Gasteiger partial charge on any atom is 0.244 e. The first-order valence-electron chi connectivity index (χ1n) is 10.1. The first-order valence-corrected chi connectivity index (χ1v) is 12.0. The smallest absolute Gasteiger partial charge is 0.244 e. The average molecular weight is 437 g/mol. The molecule has 162 valence electrons. The van der Waals surface area contributed by atoms with Crippen molar-refractivity contribution in [2.24, 2.45) is 0 Å². The van der Waals surface area contributed by atoms with E-state index in [9.17, 15) is 13.2 Å². The normalized spacial score (nSPS) is 13.3. The molecule has 0 radical (unpaired) electrons. The van der Waals surface area contributed by atoms with Crippen LogP contribution in [0.25, 0.3) is 0 Å². The van der Waals surface area contributed by atoms with Crippen molar-refractivity contribution in [2.75, 3.05) is 10.6 Å². The number of carbonyl (C=O) groups is 1. The first kappa shape index (κ1) is 22.6. The van der Waals surface area contributed by atoms with E-state index in [1.165, 1.54) is 4.31 Å². The summed E-state index contributed by atoms with van der Waals surface area (Å²) < 4.78 is 26.3. The van der Waals surface area contributed by atoms with E-state index in [0.29, 0.717) is 5.69 Å². The summed E-state index contributed by atoms with van der Waals surface area (Å²) in [5.74, 6) is -0.375. The van der Waals surface area contributed by atoms with Crippen molar-refractivity contribution in [3.8, 4) is 0 Å². The number of hydrogen-bond acceptors (Lipinski definition) is 3. The quantitative estimate of drug-likeness (QED) is 0.598. The average Bonchev–Trinajstić information content (AvgIpc) is 2.74. The Bertz CT molecular complexity index is 1130. The van der Waals surface area contributed by atoms with Gasteiger partial charge in [0.1, 0.15) is 6.04 Å². The van der Waals surface area contributed by atoms with E-state index in [1.807, 2.05) is 80.6 Å². The van der Waals surface area contributed by atoms with E-state index < -0.39 is 22.1 Å². The van der Waals surface area contributed by atoms with E-state index in [2.05, 4.69) is 5.32 Å². The number of sulfonamides is 1. The van der Waals surface area contributed by atoms with E-state index in [0.717, 1.165) is 28.5 Å². The van der Waals surface area contributed by atoms with Gasteiger partial charge in [-0.3, -0.25) is 9.10 Å².